The first kappa shape index (κ1) is 15.0. The standard InChI is InChI=1S/C19H17FN2O2/c1-11-13-7-8-19(11,10-24-12(2)23)18-15(13)9-17(21-22-18)14-5-3-4-6-16(14)20/h3-6,9,13H,1,7-8,10H2,2H3/t13-,19-/m0/s1. The van der Waals surface area contributed by atoms with Crippen LogP contribution in [0.5, 0.6) is 0 Å². The van der Waals surface area contributed by atoms with Crippen molar-refractivity contribution in [1.29, 1.82) is 0 Å². The van der Waals surface area contributed by atoms with Crippen LogP contribution in [-0.4, -0.2) is 22.8 Å². The predicted molar refractivity (Wildman–Crippen MR) is 86.9 cm³/mol. The van der Waals surface area contributed by atoms with E-state index in [1.165, 1.54) is 13.0 Å². The SMILES string of the molecule is C=C1[C@@H]2CC[C@@]1(COC(C)=O)c1nnc(-c3ccccc3F)cc12. The van der Waals surface area contributed by atoms with Crippen LogP contribution in [0.15, 0.2) is 42.5 Å². The molecule has 0 aliphatic heterocycles. The first-order chi connectivity index (χ1) is 11.5. The van der Waals surface area contributed by atoms with Crippen molar-refractivity contribution in [1.82, 2.24) is 10.2 Å². The highest BCUT2D eigenvalue weighted by molar-refractivity contribution is 5.67. The summed E-state index contributed by atoms with van der Waals surface area (Å²) in [4.78, 5) is 11.2. The van der Waals surface area contributed by atoms with Crippen LogP contribution in [0, 0.1) is 5.82 Å². The number of benzene rings is 1. The van der Waals surface area contributed by atoms with Gasteiger partial charge in [0.05, 0.1) is 16.8 Å². The molecule has 1 saturated carbocycles. The quantitative estimate of drug-likeness (QED) is 0.640. The number of hydrogen-bond acceptors (Lipinski definition) is 4. The molecule has 0 saturated heterocycles. The number of ether oxygens (including phenoxy) is 1. The van der Waals surface area contributed by atoms with E-state index in [1.54, 1.807) is 18.2 Å². The number of nitrogens with zero attached hydrogens (tertiary/aromatic N) is 2. The molecule has 24 heavy (non-hydrogen) atoms. The molecule has 4 rings (SSSR count). The van der Waals surface area contributed by atoms with Crippen LogP contribution < -0.4 is 0 Å². The second-order valence-corrected chi connectivity index (χ2v) is 6.49. The normalized spacial score (nSPS) is 24.1. The number of carbonyl (C=O) groups excluding carboxylic acids is 1. The fourth-order valence-corrected chi connectivity index (χ4v) is 3.98. The number of hydrogen-bond donors (Lipinski definition) is 0. The summed E-state index contributed by atoms with van der Waals surface area (Å²) in [6.07, 6.45) is 1.79. The van der Waals surface area contributed by atoms with Crippen LogP contribution in [0.4, 0.5) is 4.39 Å². The number of carbonyl (C=O) groups is 1. The second-order valence-electron chi connectivity index (χ2n) is 6.49. The maximum Gasteiger partial charge on any atom is 0.302 e. The lowest BCUT2D eigenvalue weighted by Gasteiger charge is -2.27. The van der Waals surface area contributed by atoms with Crippen LogP contribution in [-0.2, 0) is 14.9 Å². The van der Waals surface area contributed by atoms with E-state index < -0.39 is 5.41 Å². The van der Waals surface area contributed by atoms with Gasteiger partial charge in [0.25, 0.3) is 0 Å². The molecule has 122 valence electrons. The van der Waals surface area contributed by atoms with Crippen molar-refractivity contribution >= 4 is 5.97 Å². The minimum absolute atomic E-state index is 0.177. The number of fused-ring (bicyclic) bond motifs is 5. The van der Waals surface area contributed by atoms with Crippen LogP contribution >= 0.6 is 0 Å². The van der Waals surface area contributed by atoms with Gasteiger partial charge in [-0.25, -0.2) is 4.39 Å². The summed E-state index contributed by atoms with van der Waals surface area (Å²) in [5.74, 6) is -0.454. The fraction of sp³-hybridized carbons (Fsp3) is 0.316. The minimum atomic E-state index is -0.438. The van der Waals surface area contributed by atoms with E-state index >= 15 is 0 Å². The minimum Gasteiger partial charge on any atom is -0.465 e. The van der Waals surface area contributed by atoms with E-state index in [-0.39, 0.29) is 24.3 Å². The Bertz CT molecular complexity index is 864. The molecule has 5 heteroatoms. The Morgan fingerprint density at radius 2 is 2.21 bits per heavy atom. The molecular weight excluding hydrogens is 307 g/mol. The highest BCUT2D eigenvalue weighted by Crippen LogP contribution is 2.59. The largest absolute Gasteiger partial charge is 0.465 e. The van der Waals surface area contributed by atoms with Gasteiger partial charge < -0.3 is 4.74 Å². The van der Waals surface area contributed by atoms with Crippen molar-refractivity contribution in [2.45, 2.75) is 31.1 Å². The lowest BCUT2D eigenvalue weighted by atomic mass is 9.82. The first-order valence-corrected chi connectivity index (χ1v) is 7.98. The topological polar surface area (TPSA) is 52.1 Å². The zero-order valence-electron chi connectivity index (χ0n) is 13.4. The van der Waals surface area contributed by atoms with Gasteiger partial charge in [0.2, 0.25) is 0 Å². The molecule has 0 unspecified atom stereocenters. The molecule has 1 heterocycles. The fourth-order valence-electron chi connectivity index (χ4n) is 3.98. The lowest BCUT2D eigenvalue weighted by Crippen LogP contribution is -2.31. The Hall–Kier alpha value is -2.56. The molecule has 0 amide bonds. The molecule has 1 aromatic heterocycles. The van der Waals surface area contributed by atoms with E-state index in [1.807, 2.05) is 6.07 Å². The van der Waals surface area contributed by atoms with E-state index in [0.717, 1.165) is 29.7 Å². The summed E-state index contributed by atoms with van der Waals surface area (Å²) < 4.78 is 19.3. The van der Waals surface area contributed by atoms with Gasteiger partial charge in [0.1, 0.15) is 12.4 Å². The third-order valence-electron chi connectivity index (χ3n) is 5.22. The first-order valence-electron chi connectivity index (χ1n) is 7.98. The summed E-state index contributed by atoms with van der Waals surface area (Å²) in [6, 6.07) is 8.45. The van der Waals surface area contributed by atoms with Crippen LogP contribution in [0.3, 0.4) is 0 Å². The maximum atomic E-state index is 14.0. The maximum absolute atomic E-state index is 14.0. The predicted octanol–water partition coefficient (Wildman–Crippen LogP) is 3.53. The number of rotatable bonds is 3. The van der Waals surface area contributed by atoms with Gasteiger partial charge in [0.15, 0.2) is 0 Å². The smallest absolute Gasteiger partial charge is 0.302 e. The Morgan fingerprint density at radius 1 is 1.42 bits per heavy atom. The Labute approximate surface area is 139 Å². The number of aromatic nitrogens is 2. The highest BCUT2D eigenvalue weighted by atomic mass is 19.1. The summed E-state index contributed by atoms with van der Waals surface area (Å²) in [7, 11) is 0. The van der Waals surface area contributed by atoms with Crippen molar-refractivity contribution in [3.05, 3.63) is 59.6 Å². The Morgan fingerprint density at radius 3 is 2.96 bits per heavy atom. The van der Waals surface area contributed by atoms with Gasteiger partial charge in [-0.1, -0.05) is 24.3 Å². The van der Waals surface area contributed by atoms with Crippen molar-refractivity contribution < 1.29 is 13.9 Å². The van der Waals surface area contributed by atoms with Gasteiger partial charge in [-0.2, -0.15) is 10.2 Å². The molecule has 0 N–H and O–H groups in total. The van der Waals surface area contributed by atoms with Crippen molar-refractivity contribution in [2.24, 2.45) is 0 Å². The Kier molecular flexibility index (Phi) is 3.27. The molecule has 2 atom stereocenters. The van der Waals surface area contributed by atoms with Crippen molar-refractivity contribution in [3.8, 4) is 11.3 Å². The van der Waals surface area contributed by atoms with E-state index in [9.17, 15) is 9.18 Å². The van der Waals surface area contributed by atoms with E-state index in [0.29, 0.717) is 11.3 Å². The monoisotopic (exact) mass is 324 g/mol. The van der Waals surface area contributed by atoms with Gasteiger partial charge in [-0.15, -0.1) is 0 Å². The zero-order chi connectivity index (χ0) is 16.9. The molecule has 2 aromatic rings. The Balaban J connectivity index is 1.79. The summed E-state index contributed by atoms with van der Waals surface area (Å²) in [6.45, 7) is 5.88. The highest BCUT2D eigenvalue weighted by Gasteiger charge is 2.54. The average Bonchev–Trinajstić information content (AvgIpc) is 3.02. The molecule has 4 nitrogen and oxygen atoms in total. The van der Waals surface area contributed by atoms with Crippen LogP contribution in [0.25, 0.3) is 11.3 Å². The third kappa shape index (κ3) is 2.00. The molecule has 1 aromatic carbocycles. The van der Waals surface area contributed by atoms with E-state index in [4.69, 9.17) is 4.74 Å². The van der Waals surface area contributed by atoms with E-state index in [2.05, 4.69) is 16.8 Å². The van der Waals surface area contributed by atoms with Crippen LogP contribution in [0.2, 0.25) is 0 Å². The lowest BCUT2D eigenvalue weighted by molar-refractivity contribution is -0.142. The van der Waals surface area contributed by atoms with Gasteiger partial charge >= 0.3 is 5.97 Å². The number of esters is 1. The van der Waals surface area contributed by atoms with Crippen LogP contribution in [0.1, 0.15) is 36.9 Å². The molecule has 2 aliphatic carbocycles. The summed E-state index contributed by atoms with van der Waals surface area (Å²) in [5.41, 5.74) is 3.41. The van der Waals surface area contributed by atoms with Gasteiger partial charge in [-0.3, -0.25) is 4.79 Å². The van der Waals surface area contributed by atoms with Crippen molar-refractivity contribution in [3.63, 3.8) is 0 Å². The third-order valence-corrected chi connectivity index (χ3v) is 5.22. The molecule has 0 radical (unpaired) electrons. The van der Waals surface area contributed by atoms with Gasteiger partial charge in [-0.05, 0) is 36.6 Å². The molecule has 0 spiro atoms. The molecule has 2 aliphatic rings. The second kappa shape index (κ2) is 5.23. The number of halogens is 1. The molecule has 1 fully saturated rings. The molecular formula is C19H17FN2O2. The zero-order valence-corrected chi connectivity index (χ0v) is 13.4. The molecule has 2 bridgehead atoms. The van der Waals surface area contributed by atoms with Crippen molar-refractivity contribution in [2.75, 3.05) is 6.61 Å². The van der Waals surface area contributed by atoms with Gasteiger partial charge in [0, 0.05) is 18.4 Å². The average molecular weight is 324 g/mol. The summed E-state index contributed by atoms with van der Waals surface area (Å²) >= 11 is 0. The summed E-state index contributed by atoms with van der Waals surface area (Å²) in [5, 5.41) is 8.63.